The van der Waals surface area contributed by atoms with E-state index < -0.39 is 0 Å². The van der Waals surface area contributed by atoms with Crippen LogP contribution in [0.25, 0.3) is 5.65 Å². The van der Waals surface area contributed by atoms with Gasteiger partial charge >= 0.3 is 0 Å². The Labute approximate surface area is 89.7 Å². The van der Waals surface area contributed by atoms with Gasteiger partial charge in [-0.2, -0.15) is 5.10 Å². The Hall–Kier alpha value is -0.940. The maximum absolute atomic E-state index is 8.69. The van der Waals surface area contributed by atoms with Crippen molar-refractivity contribution in [3.05, 3.63) is 28.6 Å². The number of hydrogen-bond acceptors (Lipinski definition) is 3. The van der Waals surface area contributed by atoms with Gasteiger partial charge in [-0.1, -0.05) is 0 Å². The number of nitrogens with zero attached hydrogens (tertiary/aromatic N) is 3. The summed E-state index contributed by atoms with van der Waals surface area (Å²) in [6, 6.07) is 0. The third-order valence-corrected chi connectivity index (χ3v) is 2.55. The Balaban J connectivity index is 2.32. The van der Waals surface area contributed by atoms with E-state index in [1.807, 2.05) is 12.4 Å². The third kappa shape index (κ3) is 1.78. The van der Waals surface area contributed by atoms with Crippen LogP contribution < -0.4 is 0 Å². The third-order valence-electron chi connectivity index (χ3n) is 1.99. The number of halogens is 1. The topological polar surface area (TPSA) is 50.4 Å². The quantitative estimate of drug-likeness (QED) is 0.903. The highest BCUT2D eigenvalue weighted by Crippen LogP contribution is 2.15. The first-order chi connectivity index (χ1) is 6.81. The molecule has 0 saturated carbocycles. The summed E-state index contributed by atoms with van der Waals surface area (Å²) < 4.78 is 2.63. The molecule has 0 atom stereocenters. The van der Waals surface area contributed by atoms with Gasteiger partial charge < -0.3 is 5.11 Å². The number of aromatic nitrogens is 3. The number of rotatable bonds is 3. The van der Waals surface area contributed by atoms with Gasteiger partial charge in [0.15, 0.2) is 5.65 Å². The van der Waals surface area contributed by atoms with Crippen LogP contribution in [0.2, 0.25) is 0 Å². The van der Waals surface area contributed by atoms with Crippen LogP contribution in [0.15, 0.2) is 23.1 Å². The lowest BCUT2D eigenvalue weighted by atomic mass is 10.2. The maximum Gasteiger partial charge on any atom is 0.169 e. The largest absolute Gasteiger partial charge is 0.396 e. The molecule has 0 fully saturated rings. The molecule has 2 aromatic rings. The van der Waals surface area contributed by atoms with Gasteiger partial charge in [-0.05, 0) is 34.3 Å². The first-order valence-electron chi connectivity index (χ1n) is 4.40. The van der Waals surface area contributed by atoms with Crippen molar-refractivity contribution in [2.24, 2.45) is 0 Å². The zero-order valence-electron chi connectivity index (χ0n) is 7.52. The van der Waals surface area contributed by atoms with Crippen molar-refractivity contribution >= 4 is 21.6 Å². The standard InChI is InChI=1S/C9H10BrN3O/c10-8-5-12-13-6-7(2-1-3-14)4-11-9(8)13/h4-6,14H,1-3H2. The number of aliphatic hydroxyl groups excluding tert-OH is 1. The van der Waals surface area contributed by atoms with Gasteiger partial charge in [-0.3, -0.25) is 0 Å². The second-order valence-corrected chi connectivity index (χ2v) is 3.90. The van der Waals surface area contributed by atoms with E-state index in [9.17, 15) is 0 Å². The smallest absolute Gasteiger partial charge is 0.169 e. The molecule has 0 radical (unpaired) electrons. The van der Waals surface area contributed by atoms with Crippen molar-refractivity contribution in [2.75, 3.05) is 6.61 Å². The molecule has 0 amide bonds. The maximum atomic E-state index is 8.69. The van der Waals surface area contributed by atoms with Crippen LogP contribution >= 0.6 is 15.9 Å². The van der Waals surface area contributed by atoms with Gasteiger partial charge in [-0.15, -0.1) is 0 Å². The second kappa shape index (κ2) is 4.06. The Kier molecular flexibility index (Phi) is 2.79. The van der Waals surface area contributed by atoms with E-state index in [1.165, 1.54) is 0 Å². The van der Waals surface area contributed by atoms with Crippen LogP contribution in [0, 0.1) is 0 Å². The van der Waals surface area contributed by atoms with Crippen LogP contribution in [0.3, 0.4) is 0 Å². The van der Waals surface area contributed by atoms with E-state index in [4.69, 9.17) is 5.11 Å². The molecule has 4 nitrogen and oxygen atoms in total. The highest BCUT2D eigenvalue weighted by Gasteiger charge is 2.02. The van der Waals surface area contributed by atoms with Crippen molar-refractivity contribution in [3.8, 4) is 0 Å². The summed E-state index contributed by atoms with van der Waals surface area (Å²) in [5.41, 5.74) is 1.90. The zero-order chi connectivity index (χ0) is 9.97. The lowest BCUT2D eigenvalue weighted by Gasteiger charge is -1.99. The molecule has 2 aromatic heterocycles. The fraction of sp³-hybridized carbons (Fsp3) is 0.333. The Bertz CT molecular complexity index is 441. The molecule has 5 heteroatoms. The summed E-state index contributed by atoms with van der Waals surface area (Å²) in [5.74, 6) is 0. The van der Waals surface area contributed by atoms with E-state index in [0.29, 0.717) is 0 Å². The molecule has 2 rings (SSSR count). The molecular weight excluding hydrogens is 246 g/mol. The van der Waals surface area contributed by atoms with Gasteiger partial charge in [0.1, 0.15) is 0 Å². The van der Waals surface area contributed by atoms with Crippen LogP contribution in [-0.2, 0) is 6.42 Å². The van der Waals surface area contributed by atoms with E-state index in [0.717, 1.165) is 28.5 Å². The minimum absolute atomic E-state index is 0.209. The first-order valence-corrected chi connectivity index (χ1v) is 5.19. The predicted molar refractivity (Wildman–Crippen MR) is 56.1 cm³/mol. The number of aryl methyl sites for hydroxylation is 1. The van der Waals surface area contributed by atoms with Gasteiger partial charge in [-0.25, -0.2) is 9.50 Å². The van der Waals surface area contributed by atoms with Gasteiger partial charge in [0.05, 0.1) is 10.7 Å². The number of fused-ring (bicyclic) bond motifs is 1. The summed E-state index contributed by atoms with van der Waals surface area (Å²) in [5, 5.41) is 12.8. The molecular formula is C9H10BrN3O. The molecule has 0 aromatic carbocycles. The Morgan fingerprint density at radius 3 is 3.07 bits per heavy atom. The van der Waals surface area contributed by atoms with Crippen LogP contribution in [0.1, 0.15) is 12.0 Å². The Morgan fingerprint density at radius 1 is 1.43 bits per heavy atom. The van der Waals surface area contributed by atoms with Crippen LogP contribution in [0.4, 0.5) is 0 Å². The molecule has 0 saturated heterocycles. The molecule has 1 N–H and O–H groups in total. The molecule has 0 spiro atoms. The fourth-order valence-electron chi connectivity index (χ4n) is 1.30. The predicted octanol–water partition coefficient (Wildman–Crippen LogP) is 1.42. The normalized spacial score (nSPS) is 11.0. The van der Waals surface area contributed by atoms with Gasteiger partial charge in [0, 0.05) is 19.0 Å². The average Bonchev–Trinajstić information content (AvgIpc) is 2.57. The summed E-state index contributed by atoms with van der Waals surface area (Å²) in [7, 11) is 0. The lowest BCUT2D eigenvalue weighted by Crippen LogP contribution is -1.96. The first kappa shape index (κ1) is 9.61. The van der Waals surface area contributed by atoms with E-state index in [-0.39, 0.29) is 6.61 Å². The molecule has 0 unspecified atom stereocenters. The van der Waals surface area contributed by atoms with Crippen molar-refractivity contribution < 1.29 is 5.11 Å². The summed E-state index contributed by atoms with van der Waals surface area (Å²) >= 11 is 3.36. The van der Waals surface area contributed by atoms with Crippen molar-refractivity contribution in [2.45, 2.75) is 12.8 Å². The Morgan fingerprint density at radius 2 is 2.29 bits per heavy atom. The lowest BCUT2D eigenvalue weighted by molar-refractivity contribution is 0.288. The minimum Gasteiger partial charge on any atom is -0.396 e. The second-order valence-electron chi connectivity index (χ2n) is 3.05. The number of aliphatic hydroxyl groups is 1. The monoisotopic (exact) mass is 255 g/mol. The molecule has 0 aliphatic carbocycles. The van der Waals surface area contributed by atoms with Crippen molar-refractivity contribution in [3.63, 3.8) is 0 Å². The average molecular weight is 256 g/mol. The fourth-order valence-corrected chi connectivity index (χ4v) is 1.67. The zero-order valence-corrected chi connectivity index (χ0v) is 9.11. The molecule has 0 bridgehead atoms. The summed E-state index contributed by atoms with van der Waals surface area (Å²) in [6.45, 7) is 0.209. The van der Waals surface area contributed by atoms with Crippen molar-refractivity contribution in [1.82, 2.24) is 14.6 Å². The number of hydrogen-bond donors (Lipinski definition) is 1. The summed E-state index contributed by atoms with van der Waals surface area (Å²) in [6.07, 6.45) is 7.06. The van der Waals surface area contributed by atoms with Crippen LogP contribution in [0.5, 0.6) is 0 Å². The summed E-state index contributed by atoms with van der Waals surface area (Å²) in [4.78, 5) is 4.27. The van der Waals surface area contributed by atoms with E-state index in [2.05, 4.69) is 26.0 Å². The van der Waals surface area contributed by atoms with E-state index >= 15 is 0 Å². The van der Waals surface area contributed by atoms with Crippen molar-refractivity contribution in [1.29, 1.82) is 0 Å². The minimum atomic E-state index is 0.209. The van der Waals surface area contributed by atoms with Crippen LogP contribution in [-0.4, -0.2) is 26.3 Å². The molecule has 74 valence electrons. The highest BCUT2D eigenvalue weighted by atomic mass is 79.9. The highest BCUT2D eigenvalue weighted by molar-refractivity contribution is 9.10. The van der Waals surface area contributed by atoms with E-state index in [1.54, 1.807) is 10.7 Å². The molecule has 2 heterocycles. The molecule has 14 heavy (non-hydrogen) atoms. The van der Waals surface area contributed by atoms with Gasteiger partial charge in [0.25, 0.3) is 0 Å². The molecule has 0 aliphatic rings. The van der Waals surface area contributed by atoms with Gasteiger partial charge in [0.2, 0.25) is 0 Å². The SMILES string of the molecule is OCCCc1cnc2c(Br)cnn2c1. The molecule has 0 aliphatic heterocycles.